The predicted octanol–water partition coefficient (Wildman–Crippen LogP) is 5.09. The molecule has 2 aromatic carbocycles. The van der Waals surface area contributed by atoms with Crippen LogP contribution in [0.3, 0.4) is 0 Å². The SMILES string of the molecule is C=CCOc1cccc(NC(=O)C(C)Oc2cc(C)ccc2C(C)C)c1. The van der Waals surface area contributed by atoms with E-state index >= 15 is 0 Å². The standard InChI is InChI=1S/C22H27NO3/c1-6-12-25-19-9-7-8-18(14-19)23-22(24)17(5)26-21-13-16(4)10-11-20(21)15(2)3/h6-11,13-15,17H,1,12H2,2-5H3,(H,23,24). The van der Waals surface area contributed by atoms with Gasteiger partial charge in [-0.15, -0.1) is 0 Å². The Kier molecular flexibility index (Phi) is 6.84. The van der Waals surface area contributed by atoms with Gasteiger partial charge < -0.3 is 14.8 Å². The van der Waals surface area contributed by atoms with E-state index in [1.807, 2.05) is 31.2 Å². The van der Waals surface area contributed by atoms with Crippen LogP contribution in [0.2, 0.25) is 0 Å². The van der Waals surface area contributed by atoms with Crippen molar-refractivity contribution in [2.45, 2.75) is 39.7 Å². The van der Waals surface area contributed by atoms with E-state index in [0.717, 1.165) is 16.9 Å². The van der Waals surface area contributed by atoms with Gasteiger partial charge in [-0.05, 0) is 49.1 Å². The molecule has 1 amide bonds. The summed E-state index contributed by atoms with van der Waals surface area (Å²) < 4.78 is 11.4. The van der Waals surface area contributed by atoms with Crippen LogP contribution in [-0.2, 0) is 4.79 Å². The molecule has 0 bridgehead atoms. The van der Waals surface area contributed by atoms with Gasteiger partial charge in [-0.1, -0.05) is 44.7 Å². The Bertz CT molecular complexity index is 768. The van der Waals surface area contributed by atoms with E-state index in [9.17, 15) is 4.79 Å². The van der Waals surface area contributed by atoms with Crippen molar-refractivity contribution in [2.24, 2.45) is 0 Å². The maximum atomic E-state index is 12.5. The fourth-order valence-electron chi connectivity index (χ4n) is 2.53. The van der Waals surface area contributed by atoms with Gasteiger partial charge in [0.1, 0.15) is 18.1 Å². The molecular weight excluding hydrogens is 326 g/mol. The number of ether oxygens (including phenoxy) is 2. The predicted molar refractivity (Wildman–Crippen MR) is 106 cm³/mol. The third kappa shape index (κ3) is 5.38. The molecule has 0 heterocycles. The first kappa shape index (κ1) is 19.6. The van der Waals surface area contributed by atoms with Crippen molar-refractivity contribution in [1.29, 1.82) is 0 Å². The molecule has 2 rings (SSSR count). The molecule has 1 N–H and O–H groups in total. The second-order valence-electron chi connectivity index (χ2n) is 6.57. The van der Waals surface area contributed by atoms with Gasteiger partial charge in [-0.25, -0.2) is 0 Å². The van der Waals surface area contributed by atoms with Crippen LogP contribution in [-0.4, -0.2) is 18.6 Å². The Hall–Kier alpha value is -2.75. The molecule has 26 heavy (non-hydrogen) atoms. The lowest BCUT2D eigenvalue weighted by Crippen LogP contribution is -2.30. The fourth-order valence-corrected chi connectivity index (χ4v) is 2.53. The zero-order chi connectivity index (χ0) is 19.1. The summed E-state index contributed by atoms with van der Waals surface area (Å²) in [5.41, 5.74) is 2.86. The number of carbonyl (C=O) groups excluding carboxylic acids is 1. The van der Waals surface area contributed by atoms with Gasteiger partial charge in [0.05, 0.1) is 0 Å². The molecule has 0 aromatic heterocycles. The van der Waals surface area contributed by atoms with Crippen molar-refractivity contribution in [2.75, 3.05) is 11.9 Å². The van der Waals surface area contributed by atoms with E-state index in [-0.39, 0.29) is 5.91 Å². The molecular formula is C22H27NO3. The minimum absolute atomic E-state index is 0.206. The number of hydrogen-bond donors (Lipinski definition) is 1. The van der Waals surface area contributed by atoms with Crippen molar-refractivity contribution >= 4 is 11.6 Å². The number of hydrogen-bond acceptors (Lipinski definition) is 3. The molecule has 4 heteroatoms. The smallest absolute Gasteiger partial charge is 0.265 e. The van der Waals surface area contributed by atoms with Crippen LogP contribution >= 0.6 is 0 Å². The Morgan fingerprint density at radius 2 is 1.96 bits per heavy atom. The Morgan fingerprint density at radius 1 is 1.19 bits per heavy atom. The van der Waals surface area contributed by atoms with Gasteiger partial charge in [-0.3, -0.25) is 4.79 Å². The minimum atomic E-state index is -0.618. The third-order valence-corrected chi connectivity index (χ3v) is 3.93. The van der Waals surface area contributed by atoms with Crippen LogP contribution in [0.25, 0.3) is 0 Å². The minimum Gasteiger partial charge on any atom is -0.489 e. The lowest BCUT2D eigenvalue weighted by molar-refractivity contribution is -0.122. The van der Waals surface area contributed by atoms with Crippen molar-refractivity contribution in [3.8, 4) is 11.5 Å². The number of nitrogens with one attached hydrogen (secondary N) is 1. The molecule has 0 fully saturated rings. The van der Waals surface area contributed by atoms with Crippen molar-refractivity contribution in [3.05, 3.63) is 66.2 Å². The maximum Gasteiger partial charge on any atom is 0.265 e. The lowest BCUT2D eigenvalue weighted by atomic mass is 10.0. The van der Waals surface area contributed by atoms with Crippen LogP contribution in [0.5, 0.6) is 11.5 Å². The van der Waals surface area contributed by atoms with Crippen LogP contribution in [0.15, 0.2) is 55.1 Å². The average molecular weight is 353 g/mol. The van der Waals surface area contributed by atoms with Gasteiger partial charge in [-0.2, -0.15) is 0 Å². The van der Waals surface area contributed by atoms with Crippen LogP contribution in [0, 0.1) is 6.92 Å². The van der Waals surface area contributed by atoms with Crippen molar-refractivity contribution < 1.29 is 14.3 Å². The Balaban J connectivity index is 2.06. The third-order valence-electron chi connectivity index (χ3n) is 3.93. The molecule has 0 saturated heterocycles. The van der Waals surface area contributed by atoms with E-state index in [4.69, 9.17) is 9.47 Å². The largest absolute Gasteiger partial charge is 0.489 e. The van der Waals surface area contributed by atoms with Gasteiger partial charge >= 0.3 is 0 Å². The Morgan fingerprint density at radius 3 is 2.65 bits per heavy atom. The number of carbonyl (C=O) groups is 1. The zero-order valence-electron chi connectivity index (χ0n) is 15.9. The molecule has 0 aliphatic rings. The zero-order valence-corrected chi connectivity index (χ0v) is 15.9. The summed E-state index contributed by atoms with van der Waals surface area (Å²) >= 11 is 0. The first-order valence-corrected chi connectivity index (χ1v) is 8.82. The van der Waals surface area contributed by atoms with Gasteiger partial charge in [0.2, 0.25) is 0 Å². The molecule has 1 unspecified atom stereocenters. The van der Waals surface area contributed by atoms with Gasteiger partial charge in [0.15, 0.2) is 6.10 Å². The number of benzene rings is 2. The van der Waals surface area contributed by atoms with Crippen LogP contribution < -0.4 is 14.8 Å². The van der Waals surface area contributed by atoms with Gasteiger partial charge in [0, 0.05) is 11.8 Å². The number of anilines is 1. The van der Waals surface area contributed by atoms with E-state index in [2.05, 4.69) is 37.9 Å². The normalized spacial score (nSPS) is 11.7. The van der Waals surface area contributed by atoms with Crippen LogP contribution in [0.1, 0.15) is 37.8 Å². The van der Waals surface area contributed by atoms with Crippen LogP contribution in [0.4, 0.5) is 5.69 Å². The highest BCUT2D eigenvalue weighted by atomic mass is 16.5. The quantitative estimate of drug-likeness (QED) is 0.673. The average Bonchev–Trinajstić information content (AvgIpc) is 2.60. The fraction of sp³-hybridized carbons (Fsp3) is 0.318. The molecule has 0 aliphatic carbocycles. The molecule has 0 radical (unpaired) electrons. The number of amides is 1. The summed E-state index contributed by atoms with van der Waals surface area (Å²) in [6, 6.07) is 13.3. The van der Waals surface area contributed by atoms with E-state index in [1.54, 1.807) is 19.1 Å². The molecule has 138 valence electrons. The molecule has 4 nitrogen and oxygen atoms in total. The highest BCUT2D eigenvalue weighted by molar-refractivity contribution is 5.94. The highest BCUT2D eigenvalue weighted by Crippen LogP contribution is 2.28. The summed E-state index contributed by atoms with van der Waals surface area (Å²) in [6.07, 6.45) is 1.06. The molecule has 1 atom stereocenters. The van der Waals surface area contributed by atoms with Crippen molar-refractivity contribution in [3.63, 3.8) is 0 Å². The highest BCUT2D eigenvalue weighted by Gasteiger charge is 2.18. The molecule has 0 saturated carbocycles. The lowest BCUT2D eigenvalue weighted by Gasteiger charge is -2.19. The van der Waals surface area contributed by atoms with E-state index in [0.29, 0.717) is 24.0 Å². The summed E-state index contributed by atoms with van der Waals surface area (Å²) in [5.74, 6) is 1.55. The summed E-state index contributed by atoms with van der Waals surface area (Å²) in [5, 5.41) is 2.87. The maximum absolute atomic E-state index is 12.5. The summed E-state index contributed by atoms with van der Waals surface area (Å²) in [6.45, 7) is 12.0. The van der Waals surface area contributed by atoms with Gasteiger partial charge in [0.25, 0.3) is 5.91 Å². The Labute approximate surface area is 155 Å². The summed E-state index contributed by atoms with van der Waals surface area (Å²) in [4.78, 5) is 12.5. The topological polar surface area (TPSA) is 47.6 Å². The second-order valence-corrected chi connectivity index (χ2v) is 6.57. The first-order chi connectivity index (χ1) is 12.4. The summed E-state index contributed by atoms with van der Waals surface area (Å²) in [7, 11) is 0. The first-order valence-electron chi connectivity index (χ1n) is 8.82. The van der Waals surface area contributed by atoms with Crippen molar-refractivity contribution in [1.82, 2.24) is 0 Å². The monoisotopic (exact) mass is 353 g/mol. The number of aryl methyl sites for hydroxylation is 1. The second kappa shape index (κ2) is 9.09. The molecule has 0 aliphatic heterocycles. The number of rotatable bonds is 8. The van der Waals surface area contributed by atoms with E-state index in [1.165, 1.54) is 0 Å². The molecule has 2 aromatic rings. The van der Waals surface area contributed by atoms with E-state index < -0.39 is 6.10 Å². The molecule has 0 spiro atoms.